The van der Waals surface area contributed by atoms with Crippen molar-refractivity contribution in [1.29, 1.82) is 0 Å². The first-order valence-corrected chi connectivity index (χ1v) is 17.8. The molecule has 4 aromatic rings. The number of aliphatic imine (C=N–C) groups is 1. The maximum atomic E-state index is 13.7. The Labute approximate surface area is 321 Å². The molecule has 0 saturated heterocycles. The van der Waals surface area contributed by atoms with Gasteiger partial charge in [0.2, 0.25) is 17.6 Å². The van der Waals surface area contributed by atoms with Gasteiger partial charge >= 0.3 is 0 Å². The van der Waals surface area contributed by atoms with Crippen LogP contribution in [-0.2, 0) is 16.1 Å². The lowest BCUT2D eigenvalue weighted by molar-refractivity contribution is -0.130. The van der Waals surface area contributed by atoms with E-state index in [1.807, 2.05) is 19.9 Å². The van der Waals surface area contributed by atoms with Gasteiger partial charge in [-0.25, -0.2) is 9.67 Å². The molecular formula is C35H39Cl4N9O4. The Kier molecular flexibility index (Phi) is 14.5. The highest BCUT2D eigenvalue weighted by atomic mass is 35.5. The molecule has 1 heterocycles. The van der Waals surface area contributed by atoms with Crippen LogP contribution in [0, 0.1) is 12.8 Å². The number of aromatic nitrogens is 3. The number of guanidine groups is 1. The smallest absolute Gasteiger partial charge is 0.291 e. The Morgan fingerprint density at radius 2 is 1.52 bits per heavy atom. The maximum Gasteiger partial charge on any atom is 0.291 e. The Morgan fingerprint density at radius 3 is 2.15 bits per heavy atom. The molecule has 7 N–H and O–H groups in total. The second-order valence-corrected chi connectivity index (χ2v) is 14.0. The lowest BCUT2D eigenvalue weighted by atomic mass is 10.0. The lowest BCUT2D eigenvalue weighted by Gasteiger charge is -2.24. The van der Waals surface area contributed by atoms with Gasteiger partial charge < -0.3 is 32.2 Å². The summed E-state index contributed by atoms with van der Waals surface area (Å²) >= 11 is 24.5. The van der Waals surface area contributed by atoms with Gasteiger partial charge in [0.25, 0.3) is 5.91 Å². The van der Waals surface area contributed by atoms with Gasteiger partial charge in [-0.1, -0.05) is 72.4 Å². The number of halogens is 4. The molecule has 3 amide bonds. The predicted molar refractivity (Wildman–Crippen MR) is 203 cm³/mol. The molecule has 0 aliphatic rings. The summed E-state index contributed by atoms with van der Waals surface area (Å²) in [6.07, 6.45) is 0.829. The highest BCUT2D eigenvalue weighted by Gasteiger charge is 2.29. The molecule has 0 spiro atoms. The average Bonchev–Trinajstić information content (AvgIpc) is 3.45. The van der Waals surface area contributed by atoms with E-state index >= 15 is 0 Å². The molecule has 52 heavy (non-hydrogen) atoms. The van der Waals surface area contributed by atoms with E-state index in [1.54, 1.807) is 61.5 Å². The van der Waals surface area contributed by atoms with E-state index < -0.39 is 29.8 Å². The second-order valence-electron chi connectivity index (χ2n) is 12.3. The second kappa shape index (κ2) is 18.8. The van der Waals surface area contributed by atoms with E-state index in [4.69, 9.17) is 62.6 Å². The fraction of sp³-hybridized carbons (Fsp3) is 0.314. The zero-order chi connectivity index (χ0) is 37.9. The van der Waals surface area contributed by atoms with Crippen LogP contribution in [0.25, 0.3) is 5.69 Å². The van der Waals surface area contributed by atoms with Gasteiger partial charge in [-0.15, -0.1) is 5.10 Å². The van der Waals surface area contributed by atoms with Gasteiger partial charge in [0.1, 0.15) is 29.4 Å². The van der Waals surface area contributed by atoms with Crippen molar-refractivity contribution in [3.8, 4) is 17.2 Å². The number of carbonyl (C=O) groups is 3. The molecule has 276 valence electrons. The third-order valence-electron chi connectivity index (χ3n) is 7.41. The average molecular weight is 792 g/mol. The van der Waals surface area contributed by atoms with Crippen LogP contribution in [0.5, 0.6) is 11.5 Å². The molecular weight excluding hydrogens is 752 g/mol. The first-order valence-electron chi connectivity index (χ1n) is 16.2. The summed E-state index contributed by atoms with van der Waals surface area (Å²) in [6, 6.07) is 14.8. The summed E-state index contributed by atoms with van der Waals surface area (Å²) in [5.74, 6) is -0.563. The molecule has 0 radical (unpaired) electrons. The molecule has 0 aliphatic carbocycles. The Bertz CT molecular complexity index is 1890. The van der Waals surface area contributed by atoms with Crippen molar-refractivity contribution in [1.82, 2.24) is 30.7 Å². The number of carbonyl (C=O) groups excluding carboxylic acids is 3. The minimum absolute atomic E-state index is 0.0448. The number of hydrogen-bond acceptors (Lipinski definition) is 7. The van der Waals surface area contributed by atoms with Crippen LogP contribution >= 0.6 is 46.4 Å². The number of hydrogen-bond donors (Lipinski definition) is 5. The van der Waals surface area contributed by atoms with Crippen molar-refractivity contribution in [3.63, 3.8) is 0 Å². The summed E-state index contributed by atoms with van der Waals surface area (Å²) in [4.78, 5) is 48.9. The first kappa shape index (κ1) is 40.2. The van der Waals surface area contributed by atoms with Crippen molar-refractivity contribution < 1.29 is 19.1 Å². The van der Waals surface area contributed by atoms with E-state index in [0.29, 0.717) is 55.9 Å². The van der Waals surface area contributed by atoms with E-state index in [2.05, 4.69) is 31.0 Å². The number of nitrogens with one attached hydrogen (secondary N) is 3. The van der Waals surface area contributed by atoms with Crippen LogP contribution in [0.1, 0.15) is 55.1 Å². The van der Waals surface area contributed by atoms with Crippen LogP contribution in [0.2, 0.25) is 20.1 Å². The van der Waals surface area contributed by atoms with Gasteiger partial charge in [0.15, 0.2) is 5.96 Å². The number of ether oxygens (including phenoxy) is 1. The van der Waals surface area contributed by atoms with E-state index in [-0.39, 0.29) is 37.2 Å². The molecule has 0 bridgehead atoms. The number of benzene rings is 3. The number of nitrogens with two attached hydrogens (primary N) is 2. The van der Waals surface area contributed by atoms with E-state index in [1.165, 1.54) is 4.68 Å². The third kappa shape index (κ3) is 12.3. The molecule has 1 aromatic heterocycles. The predicted octanol–water partition coefficient (Wildman–Crippen LogP) is 5.98. The molecule has 2 atom stereocenters. The molecule has 0 unspecified atom stereocenters. The number of aryl methyl sites for hydroxylation is 1. The van der Waals surface area contributed by atoms with Gasteiger partial charge in [-0.3, -0.25) is 19.4 Å². The van der Waals surface area contributed by atoms with Crippen molar-refractivity contribution >= 4 is 70.1 Å². The van der Waals surface area contributed by atoms with Crippen LogP contribution in [0.15, 0.2) is 65.7 Å². The monoisotopic (exact) mass is 789 g/mol. The normalized spacial score (nSPS) is 12.2. The number of amides is 3. The fourth-order valence-electron chi connectivity index (χ4n) is 5.12. The molecule has 0 aliphatic heterocycles. The standard InChI is InChI=1S/C35H39Cl4N9O4/c1-19(2)10-30(32(49)43-18-21-6-4-7-27(11-21)52-28-16-24(38)13-25(39)17-28)46-33(50)29(8-5-9-42-35(40)41)45-34(51)31-44-20(3)48(47-31)26-14-22(36)12-23(37)15-26/h4,6-7,11-17,19,29-30H,5,8-10,18H2,1-3H3,(H,43,49)(H,45,51)(H,46,50)(H4,40,41,42)/t29-,30-/m0/s1. The van der Waals surface area contributed by atoms with Gasteiger partial charge in [-0.05, 0) is 86.2 Å². The summed E-state index contributed by atoms with van der Waals surface area (Å²) in [5, 5.41) is 14.4. The minimum Gasteiger partial charge on any atom is -0.457 e. The Morgan fingerprint density at radius 1 is 0.865 bits per heavy atom. The van der Waals surface area contributed by atoms with Crippen LogP contribution in [0.4, 0.5) is 0 Å². The number of nitrogens with zero attached hydrogens (tertiary/aromatic N) is 4. The van der Waals surface area contributed by atoms with Crippen LogP contribution < -0.4 is 32.2 Å². The first-order chi connectivity index (χ1) is 24.7. The zero-order valence-corrected chi connectivity index (χ0v) is 31.7. The Balaban J connectivity index is 1.46. The molecule has 0 saturated carbocycles. The largest absolute Gasteiger partial charge is 0.457 e. The fourth-order valence-corrected chi connectivity index (χ4v) is 6.14. The highest BCUT2D eigenvalue weighted by molar-refractivity contribution is 6.35. The topological polar surface area (TPSA) is 192 Å². The van der Waals surface area contributed by atoms with Gasteiger partial charge in [0, 0.05) is 33.2 Å². The van der Waals surface area contributed by atoms with Crippen LogP contribution in [-0.4, -0.2) is 57.1 Å². The summed E-state index contributed by atoms with van der Waals surface area (Å²) in [7, 11) is 0. The van der Waals surface area contributed by atoms with Crippen molar-refractivity contribution in [2.24, 2.45) is 22.4 Å². The van der Waals surface area contributed by atoms with Crippen molar-refractivity contribution in [2.75, 3.05) is 6.54 Å². The SMILES string of the molecule is Cc1nc(C(=O)N[C@@H](CCCN=C(N)N)C(=O)N[C@@H](CC(C)C)C(=O)NCc2cccc(Oc3cc(Cl)cc(Cl)c3)c2)nn1-c1cc(Cl)cc(Cl)c1. The highest BCUT2D eigenvalue weighted by Crippen LogP contribution is 2.29. The molecule has 13 nitrogen and oxygen atoms in total. The Hall–Kier alpha value is -4.56. The summed E-state index contributed by atoms with van der Waals surface area (Å²) in [5.41, 5.74) is 12.2. The van der Waals surface area contributed by atoms with Crippen LogP contribution in [0.3, 0.4) is 0 Å². The van der Waals surface area contributed by atoms with Crippen molar-refractivity contribution in [2.45, 2.75) is 58.7 Å². The number of rotatable bonds is 16. The lowest BCUT2D eigenvalue weighted by Crippen LogP contribution is -2.54. The van der Waals surface area contributed by atoms with Gasteiger partial charge in [-0.2, -0.15) is 0 Å². The summed E-state index contributed by atoms with van der Waals surface area (Å²) < 4.78 is 7.32. The maximum absolute atomic E-state index is 13.7. The molecule has 3 aromatic carbocycles. The molecule has 0 fully saturated rings. The molecule has 4 rings (SSSR count). The van der Waals surface area contributed by atoms with Gasteiger partial charge in [0.05, 0.1) is 5.69 Å². The van der Waals surface area contributed by atoms with E-state index in [0.717, 1.165) is 5.56 Å². The summed E-state index contributed by atoms with van der Waals surface area (Å²) in [6.45, 7) is 5.89. The van der Waals surface area contributed by atoms with Crippen molar-refractivity contribution in [3.05, 3.63) is 98.0 Å². The third-order valence-corrected chi connectivity index (χ3v) is 8.28. The van der Waals surface area contributed by atoms with E-state index in [9.17, 15) is 14.4 Å². The minimum atomic E-state index is -1.08. The quantitative estimate of drug-likeness (QED) is 0.0520. The zero-order valence-electron chi connectivity index (χ0n) is 28.6. The molecule has 17 heteroatoms.